The molecule has 0 aliphatic carbocycles. The maximum atomic E-state index is 12.0. The fourth-order valence-corrected chi connectivity index (χ4v) is 2.69. The average Bonchev–Trinajstić information content (AvgIpc) is 2.62. The minimum atomic E-state index is -0.450. The van der Waals surface area contributed by atoms with E-state index in [1.165, 1.54) is 0 Å². The molecule has 0 saturated carbocycles. The molecule has 26 heavy (non-hydrogen) atoms. The fraction of sp³-hybridized carbons (Fsp3) is 0.318. The molecule has 0 amide bonds. The van der Waals surface area contributed by atoms with Crippen LogP contribution in [-0.4, -0.2) is 19.2 Å². The van der Waals surface area contributed by atoms with Gasteiger partial charge in [0.05, 0.1) is 13.2 Å². The van der Waals surface area contributed by atoms with Crippen LogP contribution in [0.15, 0.2) is 48.2 Å². The van der Waals surface area contributed by atoms with E-state index in [0.717, 1.165) is 28.0 Å². The summed E-state index contributed by atoms with van der Waals surface area (Å²) in [6, 6.07) is 14.0. The van der Waals surface area contributed by atoms with Crippen LogP contribution in [0.25, 0.3) is 6.08 Å². The number of aryl methyl sites for hydroxylation is 2. The molecule has 0 saturated heterocycles. The first-order chi connectivity index (χ1) is 12.5. The molecule has 138 valence electrons. The second-order valence-electron chi connectivity index (χ2n) is 5.92. The predicted molar refractivity (Wildman–Crippen MR) is 103 cm³/mol. The number of rotatable bonds is 8. The highest BCUT2D eigenvalue weighted by Crippen LogP contribution is 2.27. The Bertz CT molecular complexity index is 740. The van der Waals surface area contributed by atoms with E-state index in [9.17, 15) is 4.79 Å². The number of ether oxygens (including phenoxy) is 3. The maximum Gasteiger partial charge on any atom is 0.373 e. The molecule has 0 bridgehead atoms. The topological polar surface area (TPSA) is 44.8 Å². The van der Waals surface area contributed by atoms with Crippen molar-refractivity contribution in [2.24, 2.45) is 0 Å². The zero-order valence-corrected chi connectivity index (χ0v) is 15.9. The molecule has 4 heteroatoms. The van der Waals surface area contributed by atoms with E-state index in [1.54, 1.807) is 13.0 Å². The Morgan fingerprint density at radius 3 is 2.15 bits per heavy atom. The zero-order chi connectivity index (χ0) is 18.9. The summed E-state index contributed by atoms with van der Waals surface area (Å²) in [5, 5.41) is 0. The van der Waals surface area contributed by atoms with Gasteiger partial charge in [-0.1, -0.05) is 30.3 Å². The SMILES string of the molecule is CCOC(=O)/C(=C/c1cc(C)c(OCc2ccccc2)c(C)c1)OCC. The minimum absolute atomic E-state index is 0.214. The van der Waals surface area contributed by atoms with Crippen molar-refractivity contribution in [1.82, 2.24) is 0 Å². The fourth-order valence-electron chi connectivity index (χ4n) is 2.69. The second kappa shape index (κ2) is 9.66. The van der Waals surface area contributed by atoms with E-state index in [2.05, 4.69) is 0 Å². The Hall–Kier alpha value is -2.75. The molecule has 0 unspecified atom stereocenters. The van der Waals surface area contributed by atoms with Gasteiger partial charge in [-0.25, -0.2) is 4.79 Å². The molecule has 0 aliphatic heterocycles. The van der Waals surface area contributed by atoms with Crippen LogP contribution < -0.4 is 4.74 Å². The Labute approximate surface area is 155 Å². The van der Waals surface area contributed by atoms with Gasteiger partial charge >= 0.3 is 5.97 Å². The van der Waals surface area contributed by atoms with Crippen LogP contribution in [0.5, 0.6) is 5.75 Å². The van der Waals surface area contributed by atoms with Crippen molar-refractivity contribution in [3.63, 3.8) is 0 Å². The van der Waals surface area contributed by atoms with E-state index in [1.807, 2.05) is 63.2 Å². The molecule has 0 atom stereocenters. The molecule has 0 radical (unpaired) electrons. The first-order valence-corrected chi connectivity index (χ1v) is 8.84. The van der Waals surface area contributed by atoms with Gasteiger partial charge in [-0.15, -0.1) is 0 Å². The maximum absolute atomic E-state index is 12.0. The number of carbonyl (C=O) groups is 1. The van der Waals surface area contributed by atoms with Gasteiger partial charge in [0.15, 0.2) is 0 Å². The average molecular weight is 354 g/mol. The van der Waals surface area contributed by atoms with Gasteiger partial charge in [-0.3, -0.25) is 0 Å². The lowest BCUT2D eigenvalue weighted by molar-refractivity contribution is -0.142. The Balaban J connectivity index is 2.21. The highest BCUT2D eigenvalue weighted by molar-refractivity contribution is 5.91. The van der Waals surface area contributed by atoms with E-state index < -0.39 is 5.97 Å². The van der Waals surface area contributed by atoms with Gasteiger partial charge in [0.1, 0.15) is 12.4 Å². The van der Waals surface area contributed by atoms with E-state index in [-0.39, 0.29) is 5.76 Å². The molecule has 2 aromatic rings. The van der Waals surface area contributed by atoms with Crippen LogP contribution in [0, 0.1) is 13.8 Å². The van der Waals surface area contributed by atoms with Gasteiger partial charge in [0, 0.05) is 0 Å². The van der Waals surface area contributed by atoms with E-state index >= 15 is 0 Å². The van der Waals surface area contributed by atoms with Gasteiger partial charge in [0.2, 0.25) is 5.76 Å². The summed E-state index contributed by atoms with van der Waals surface area (Å²) in [5.41, 5.74) is 4.01. The van der Waals surface area contributed by atoms with Crippen LogP contribution in [0.3, 0.4) is 0 Å². The van der Waals surface area contributed by atoms with Gasteiger partial charge in [0.25, 0.3) is 0 Å². The summed E-state index contributed by atoms with van der Waals surface area (Å²) in [5.74, 6) is 0.625. The highest BCUT2D eigenvalue weighted by Gasteiger charge is 2.13. The first kappa shape index (κ1) is 19.6. The first-order valence-electron chi connectivity index (χ1n) is 8.84. The molecular weight excluding hydrogens is 328 g/mol. The smallest absolute Gasteiger partial charge is 0.373 e. The van der Waals surface area contributed by atoms with Crippen molar-refractivity contribution in [2.45, 2.75) is 34.3 Å². The monoisotopic (exact) mass is 354 g/mol. The molecule has 0 spiro atoms. The van der Waals surface area contributed by atoms with Crippen molar-refractivity contribution < 1.29 is 19.0 Å². The molecular formula is C22H26O4. The van der Waals surface area contributed by atoms with Crippen molar-refractivity contribution in [3.05, 3.63) is 70.5 Å². The summed E-state index contributed by atoms with van der Waals surface area (Å²) in [6.07, 6.45) is 1.71. The second-order valence-corrected chi connectivity index (χ2v) is 5.92. The molecule has 0 aliphatic rings. The Kier molecular flexibility index (Phi) is 7.27. The van der Waals surface area contributed by atoms with Gasteiger partial charge in [-0.2, -0.15) is 0 Å². The predicted octanol–water partition coefficient (Wildman–Crippen LogP) is 4.82. The number of benzene rings is 2. The number of esters is 1. The van der Waals surface area contributed by atoms with Crippen molar-refractivity contribution >= 4 is 12.0 Å². The number of hydrogen-bond donors (Lipinski definition) is 0. The van der Waals surface area contributed by atoms with Crippen molar-refractivity contribution in [1.29, 1.82) is 0 Å². The van der Waals surface area contributed by atoms with Crippen molar-refractivity contribution in [3.8, 4) is 5.75 Å². The summed E-state index contributed by atoms with van der Waals surface area (Å²) >= 11 is 0. The third-order valence-corrected chi connectivity index (χ3v) is 3.78. The summed E-state index contributed by atoms with van der Waals surface area (Å²) < 4.78 is 16.5. The van der Waals surface area contributed by atoms with Crippen LogP contribution in [0.4, 0.5) is 0 Å². The largest absolute Gasteiger partial charge is 0.488 e. The molecule has 0 fully saturated rings. The zero-order valence-electron chi connectivity index (χ0n) is 15.9. The number of hydrogen-bond acceptors (Lipinski definition) is 4. The molecule has 0 N–H and O–H groups in total. The van der Waals surface area contributed by atoms with Crippen LogP contribution >= 0.6 is 0 Å². The summed E-state index contributed by atoms with van der Waals surface area (Å²) in [6.45, 7) is 8.84. The summed E-state index contributed by atoms with van der Waals surface area (Å²) in [4.78, 5) is 12.0. The molecule has 4 nitrogen and oxygen atoms in total. The quantitative estimate of drug-likeness (QED) is 0.387. The third-order valence-electron chi connectivity index (χ3n) is 3.78. The molecule has 2 rings (SSSR count). The third kappa shape index (κ3) is 5.38. The minimum Gasteiger partial charge on any atom is -0.488 e. The van der Waals surface area contributed by atoms with E-state index in [4.69, 9.17) is 14.2 Å². The lowest BCUT2D eigenvalue weighted by Crippen LogP contribution is -2.10. The van der Waals surface area contributed by atoms with Gasteiger partial charge in [-0.05, 0) is 68.2 Å². The highest BCUT2D eigenvalue weighted by atomic mass is 16.6. The molecule has 0 aromatic heterocycles. The lowest BCUT2D eigenvalue weighted by Gasteiger charge is -2.14. The van der Waals surface area contributed by atoms with Crippen molar-refractivity contribution in [2.75, 3.05) is 13.2 Å². The molecule has 2 aromatic carbocycles. The normalized spacial score (nSPS) is 11.2. The summed E-state index contributed by atoms with van der Waals surface area (Å²) in [7, 11) is 0. The van der Waals surface area contributed by atoms with E-state index in [0.29, 0.717) is 19.8 Å². The number of carbonyl (C=O) groups excluding carboxylic acids is 1. The standard InChI is InChI=1S/C22H26O4/c1-5-24-20(22(23)25-6-2)14-19-12-16(3)21(17(4)13-19)26-15-18-10-8-7-9-11-18/h7-14H,5-6,15H2,1-4H3/b20-14-. The Morgan fingerprint density at radius 2 is 1.58 bits per heavy atom. The van der Waals surface area contributed by atoms with Crippen LogP contribution in [0.2, 0.25) is 0 Å². The van der Waals surface area contributed by atoms with Crippen LogP contribution in [-0.2, 0) is 20.9 Å². The van der Waals surface area contributed by atoms with Gasteiger partial charge < -0.3 is 14.2 Å². The lowest BCUT2D eigenvalue weighted by atomic mass is 10.0. The molecule has 0 heterocycles. The van der Waals surface area contributed by atoms with Crippen LogP contribution in [0.1, 0.15) is 36.1 Å². The Morgan fingerprint density at radius 1 is 0.962 bits per heavy atom.